The predicted octanol–water partition coefficient (Wildman–Crippen LogP) is 3.65. The third-order valence-electron chi connectivity index (χ3n) is 4.36. The molecule has 1 aliphatic rings. The third-order valence-corrected chi connectivity index (χ3v) is 4.36. The summed E-state index contributed by atoms with van der Waals surface area (Å²) >= 11 is 0. The van der Waals surface area contributed by atoms with Crippen molar-refractivity contribution in [3.63, 3.8) is 0 Å². The van der Waals surface area contributed by atoms with Gasteiger partial charge in [0.15, 0.2) is 0 Å². The Morgan fingerprint density at radius 2 is 2.20 bits per heavy atom. The lowest BCUT2D eigenvalue weighted by atomic mass is 9.73. The number of hydrogen-bond donors (Lipinski definition) is 1. The Balaban J connectivity index is 1.72. The molecule has 3 rings (SSSR count). The van der Waals surface area contributed by atoms with Crippen LogP contribution in [0, 0.1) is 5.41 Å². The summed E-state index contributed by atoms with van der Waals surface area (Å²) in [5.41, 5.74) is 1.47. The van der Waals surface area contributed by atoms with Crippen LogP contribution < -0.4 is 5.32 Å². The predicted molar refractivity (Wildman–Crippen MR) is 81.0 cm³/mol. The first-order chi connectivity index (χ1) is 9.65. The number of pyridine rings is 1. The monoisotopic (exact) mass is 270 g/mol. The molecule has 0 aromatic carbocycles. The van der Waals surface area contributed by atoms with E-state index in [-0.39, 0.29) is 0 Å². The number of rotatable bonds is 3. The van der Waals surface area contributed by atoms with Gasteiger partial charge in [-0.3, -0.25) is 4.57 Å². The first-order valence-corrected chi connectivity index (χ1v) is 7.36. The Bertz CT molecular complexity index is 542. The minimum Gasteiger partial charge on any atom is -0.381 e. The highest BCUT2D eigenvalue weighted by atomic mass is 15.1. The summed E-state index contributed by atoms with van der Waals surface area (Å²) in [7, 11) is 0. The van der Waals surface area contributed by atoms with Crippen molar-refractivity contribution in [3.05, 3.63) is 37.1 Å². The maximum absolute atomic E-state index is 4.49. The van der Waals surface area contributed by atoms with Gasteiger partial charge in [0.1, 0.15) is 12.1 Å². The largest absolute Gasteiger partial charge is 0.381 e. The van der Waals surface area contributed by atoms with Gasteiger partial charge in [-0.15, -0.1) is 0 Å². The van der Waals surface area contributed by atoms with E-state index in [9.17, 15) is 0 Å². The highest BCUT2D eigenvalue weighted by Gasteiger charge is 2.31. The minimum absolute atomic E-state index is 0.362. The number of nitrogens with zero attached hydrogens (tertiary/aromatic N) is 3. The van der Waals surface area contributed by atoms with Crippen LogP contribution in [0.25, 0.3) is 5.82 Å². The van der Waals surface area contributed by atoms with Gasteiger partial charge in [0.2, 0.25) is 0 Å². The lowest BCUT2D eigenvalue weighted by molar-refractivity contribution is 0.217. The van der Waals surface area contributed by atoms with Crippen molar-refractivity contribution in [2.24, 2.45) is 5.41 Å². The van der Waals surface area contributed by atoms with Crippen molar-refractivity contribution >= 4 is 5.69 Å². The Morgan fingerprint density at radius 3 is 2.85 bits per heavy atom. The van der Waals surface area contributed by atoms with Crippen molar-refractivity contribution in [2.75, 3.05) is 5.32 Å². The van der Waals surface area contributed by atoms with Gasteiger partial charge < -0.3 is 5.32 Å². The molecule has 2 heterocycles. The Labute approximate surface area is 120 Å². The van der Waals surface area contributed by atoms with Gasteiger partial charge in [0, 0.05) is 18.4 Å². The molecule has 0 radical (unpaired) electrons. The van der Waals surface area contributed by atoms with Gasteiger partial charge in [-0.25, -0.2) is 9.97 Å². The highest BCUT2D eigenvalue weighted by Crippen LogP contribution is 2.37. The molecule has 1 N–H and O–H groups in total. The zero-order valence-corrected chi connectivity index (χ0v) is 12.2. The quantitative estimate of drug-likeness (QED) is 0.925. The fourth-order valence-electron chi connectivity index (χ4n) is 2.98. The molecule has 1 atom stereocenters. The Kier molecular flexibility index (Phi) is 3.47. The van der Waals surface area contributed by atoms with E-state index >= 15 is 0 Å². The third kappa shape index (κ3) is 2.69. The van der Waals surface area contributed by atoms with Crippen LogP contribution in [0.3, 0.4) is 0 Å². The van der Waals surface area contributed by atoms with Crippen molar-refractivity contribution in [1.82, 2.24) is 14.5 Å². The summed E-state index contributed by atoms with van der Waals surface area (Å²) < 4.78 is 1.91. The van der Waals surface area contributed by atoms with Gasteiger partial charge in [-0.1, -0.05) is 26.7 Å². The van der Waals surface area contributed by atoms with Crippen molar-refractivity contribution < 1.29 is 0 Å². The van der Waals surface area contributed by atoms with Crippen molar-refractivity contribution in [3.8, 4) is 5.82 Å². The molecular formula is C16H22N4. The molecule has 20 heavy (non-hydrogen) atoms. The van der Waals surface area contributed by atoms with Gasteiger partial charge in [-0.2, -0.15) is 0 Å². The second-order valence-electron chi connectivity index (χ2n) is 6.31. The average Bonchev–Trinajstić information content (AvgIpc) is 2.96. The van der Waals surface area contributed by atoms with Gasteiger partial charge in [0.05, 0.1) is 11.9 Å². The van der Waals surface area contributed by atoms with Crippen LogP contribution in [-0.2, 0) is 0 Å². The fraction of sp³-hybridized carbons (Fsp3) is 0.500. The minimum atomic E-state index is 0.362. The van der Waals surface area contributed by atoms with Crippen LogP contribution in [0.5, 0.6) is 0 Å². The molecule has 1 unspecified atom stereocenters. The molecule has 1 aliphatic carbocycles. The van der Waals surface area contributed by atoms with Crippen LogP contribution in [0.2, 0.25) is 0 Å². The fourth-order valence-corrected chi connectivity index (χ4v) is 2.98. The first-order valence-electron chi connectivity index (χ1n) is 7.36. The summed E-state index contributed by atoms with van der Waals surface area (Å²) in [6.45, 7) is 4.72. The highest BCUT2D eigenvalue weighted by molar-refractivity contribution is 5.45. The summed E-state index contributed by atoms with van der Waals surface area (Å²) in [6.07, 6.45) is 12.6. The maximum atomic E-state index is 4.49. The molecule has 0 spiro atoms. The topological polar surface area (TPSA) is 42.7 Å². The second-order valence-corrected chi connectivity index (χ2v) is 6.31. The molecule has 0 bridgehead atoms. The van der Waals surface area contributed by atoms with Gasteiger partial charge in [-0.05, 0) is 30.4 Å². The molecule has 1 fully saturated rings. The summed E-state index contributed by atoms with van der Waals surface area (Å²) in [6, 6.07) is 4.67. The van der Waals surface area contributed by atoms with Crippen molar-refractivity contribution in [2.45, 2.75) is 45.6 Å². The molecule has 0 saturated heterocycles. The first kappa shape index (κ1) is 13.2. The van der Waals surface area contributed by atoms with Crippen LogP contribution in [-0.4, -0.2) is 20.6 Å². The zero-order chi connectivity index (χ0) is 14.0. The molecule has 0 amide bonds. The molecule has 0 aliphatic heterocycles. The number of hydrogen-bond acceptors (Lipinski definition) is 3. The van der Waals surface area contributed by atoms with Crippen LogP contribution in [0.1, 0.15) is 39.5 Å². The van der Waals surface area contributed by atoms with Crippen molar-refractivity contribution in [1.29, 1.82) is 0 Å². The molecule has 4 nitrogen and oxygen atoms in total. The van der Waals surface area contributed by atoms with Crippen LogP contribution >= 0.6 is 0 Å². The number of nitrogens with one attached hydrogen (secondary N) is 1. The molecule has 2 aromatic heterocycles. The normalized spacial score (nSPS) is 21.6. The molecule has 2 aromatic rings. The SMILES string of the molecule is CC1(C)CCCCC1Nc1ccc(-n2ccnc2)nc1. The maximum Gasteiger partial charge on any atom is 0.137 e. The number of imidazole rings is 1. The van der Waals surface area contributed by atoms with Gasteiger partial charge in [0.25, 0.3) is 0 Å². The Morgan fingerprint density at radius 1 is 1.30 bits per heavy atom. The number of aromatic nitrogens is 3. The average molecular weight is 270 g/mol. The molecule has 1 saturated carbocycles. The van der Waals surface area contributed by atoms with E-state index in [0.717, 1.165) is 11.5 Å². The van der Waals surface area contributed by atoms with E-state index in [1.54, 1.807) is 12.5 Å². The summed E-state index contributed by atoms with van der Waals surface area (Å²) in [5.74, 6) is 0.899. The Hall–Kier alpha value is -1.84. The van der Waals surface area contributed by atoms with E-state index in [1.165, 1.54) is 25.7 Å². The summed E-state index contributed by atoms with van der Waals surface area (Å²) in [4.78, 5) is 8.54. The lowest BCUT2D eigenvalue weighted by Crippen LogP contribution is -2.38. The number of anilines is 1. The van der Waals surface area contributed by atoms with E-state index in [1.807, 2.05) is 23.0 Å². The van der Waals surface area contributed by atoms with Crippen LogP contribution in [0.4, 0.5) is 5.69 Å². The van der Waals surface area contributed by atoms with E-state index < -0.39 is 0 Å². The van der Waals surface area contributed by atoms with E-state index in [4.69, 9.17) is 0 Å². The molecule has 106 valence electrons. The standard InChI is InChI=1S/C16H22N4/c1-16(2)8-4-3-5-14(16)19-13-6-7-15(18-11-13)20-10-9-17-12-20/h6-7,9-12,14,19H,3-5,8H2,1-2H3. The lowest BCUT2D eigenvalue weighted by Gasteiger charge is -2.39. The van der Waals surface area contributed by atoms with E-state index in [0.29, 0.717) is 11.5 Å². The molecule has 4 heteroatoms. The second kappa shape index (κ2) is 5.27. The zero-order valence-electron chi connectivity index (χ0n) is 12.2. The van der Waals surface area contributed by atoms with E-state index in [2.05, 4.69) is 35.2 Å². The smallest absolute Gasteiger partial charge is 0.137 e. The molecular weight excluding hydrogens is 248 g/mol. The van der Waals surface area contributed by atoms with Gasteiger partial charge >= 0.3 is 0 Å². The summed E-state index contributed by atoms with van der Waals surface area (Å²) in [5, 5.41) is 3.66. The van der Waals surface area contributed by atoms with Crippen LogP contribution in [0.15, 0.2) is 37.1 Å².